The molecule has 0 heterocycles. The summed E-state index contributed by atoms with van der Waals surface area (Å²) in [5, 5.41) is 2.52. The molecule has 0 aliphatic heterocycles. The van der Waals surface area contributed by atoms with Crippen LogP contribution in [0.25, 0.3) is 10.8 Å². The summed E-state index contributed by atoms with van der Waals surface area (Å²) in [4.78, 5) is 0. The van der Waals surface area contributed by atoms with Crippen LogP contribution in [0.1, 0.15) is 61.6 Å². The molecular formula is C26H28ClF. The zero-order valence-corrected chi connectivity index (χ0v) is 17.3. The van der Waals surface area contributed by atoms with Crippen molar-refractivity contribution in [1.29, 1.82) is 0 Å². The summed E-state index contributed by atoms with van der Waals surface area (Å²) in [6.07, 6.45) is 8.02. The van der Waals surface area contributed by atoms with Gasteiger partial charge in [-0.25, -0.2) is 4.39 Å². The van der Waals surface area contributed by atoms with Crippen LogP contribution in [0.5, 0.6) is 0 Å². The Labute approximate surface area is 172 Å². The lowest BCUT2D eigenvalue weighted by molar-refractivity contribution is 0.319. The standard InChI is InChI=1S/C26H28ClF/c1-2-18-3-8-20(9-4-18)22-13-16-25-23(17-22)12-11-21(26(25)28)10-5-19-6-14-24(27)15-7-19/h6-7,11-18,20H,2-5,8-10H2,1H3. The minimum atomic E-state index is -0.0623. The molecule has 0 unspecified atom stereocenters. The van der Waals surface area contributed by atoms with E-state index in [0.717, 1.165) is 33.7 Å². The molecule has 0 amide bonds. The van der Waals surface area contributed by atoms with Crippen molar-refractivity contribution in [3.8, 4) is 0 Å². The highest BCUT2D eigenvalue weighted by Gasteiger charge is 2.21. The third kappa shape index (κ3) is 4.25. The molecule has 0 spiro atoms. The number of aryl methyl sites for hydroxylation is 2. The maximum Gasteiger partial charge on any atom is 0.134 e. The summed E-state index contributed by atoms with van der Waals surface area (Å²) in [6.45, 7) is 2.30. The number of rotatable bonds is 5. The van der Waals surface area contributed by atoms with Crippen molar-refractivity contribution in [1.82, 2.24) is 0 Å². The topological polar surface area (TPSA) is 0 Å². The molecular weight excluding hydrogens is 367 g/mol. The van der Waals surface area contributed by atoms with Gasteiger partial charge in [0, 0.05) is 10.4 Å². The molecule has 28 heavy (non-hydrogen) atoms. The van der Waals surface area contributed by atoms with Gasteiger partial charge < -0.3 is 0 Å². The average molecular weight is 395 g/mol. The van der Waals surface area contributed by atoms with Crippen molar-refractivity contribution >= 4 is 22.4 Å². The smallest absolute Gasteiger partial charge is 0.134 e. The van der Waals surface area contributed by atoms with E-state index in [1.54, 1.807) is 0 Å². The summed E-state index contributed by atoms with van der Waals surface area (Å²) in [7, 11) is 0. The van der Waals surface area contributed by atoms with Crippen molar-refractivity contribution in [2.24, 2.45) is 5.92 Å². The minimum Gasteiger partial charge on any atom is -0.206 e. The lowest BCUT2D eigenvalue weighted by Crippen LogP contribution is -2.12. The highest BCUT2D eigenvalue weighted by atomic mass is 35.5. The second-order valence-electron chi connectivity index (χ2n) is 8.27. The zero-order chi connectivity index (χ0) is 19.5. The maximum atomic E-state index is 15.1. The molecule has 1 fully saturated rings. The van der Waals surface area contributed by atoms with E-state index in [1.165, 1.54) is 43.2 Å². The fourth-order valence-corrected chi connectivity index (χ4v) is 4.76. The lowest BCUT2D eigenvalue weighted by Gasteiger charge is -2.28. The normalized spacial score (nSPS) is 19.8. The number of benzene rings is 3. The van der Waals surface area contributed by atoms with Crippen LogP contribution in [-0.4, -0.2) is 0 Å². The Morgan fingerprint density at radius 1 is 0.893 bits per heavy atom. The Morgan fingerprint density at radius 2 is 1.64 bits per heavy atom. The largest absolute Gasteiger partial charge is 0.206 e. The van der Waals surface area contributed by atoms with Gasteiger partial charge in [0.2, 0.25) is 0 Å². The molecule has 3 aromatic rings. The van der Waals surface area contributed by atoms with Crippen LogP contribution >= 0.6 is 11.6 Å². The Kier molecular flexibility index (Phi) is 6.01. The molecule has 0 radical (unpaired) electrons. The maximum absolute atomic E-state index is 15.1. The number of halogens is 2. The summed E-state index contributed by atoms with van der Waals surface area (Å²) in [5.41, 5.74) is 3.36. The van der Waals surface area contributed by atoms with Gasteiger partial charge in [-0.2, -0.15) is 0 Å². The predicted molar refractivity (Wildman–Crippen MR) is 118 cm³/mol. The van der Waals surface area contributed by atoms with Crippen LogP contribution in [0, 0.1) is 11.7 Å². The Morgan fingerprint density at radius 3 is 2.36 bits per heavy atom. The third-order valence-electron chi connectivity index (χ3n) is 6.55. The average Bonchev–Trinajstić information content (AvgIpc) is 2.74. The first-order valence-corrected chi connectivity index (χ1v) is 11.0. The zero-order valence-electron chi connectivity index (χ0n) is 16.6. The van der Waals surface area contributed by atoms with Crippen LogP contribution in [0.2, 0.25) is 5.02 Å². The summed E-state index contributed by atoms with van der Waals surface area (Å²) in [6, 6.07) is 18.2. The predicted octanol–water partition coefficient (Wildman–Crippen LogP) is 8.10. The van der Waals surface area contributed by atoms with Gasteiger partial charge in [0.25, 0.3) is 0 Å². The van der Waals surface area contributed by atoms with Crippen molar-refractivity contribution < 1.29 is 4.39 Å². The second kappa shape index (κ2) is 8.66. The van der Waals surface area contributed by atoms with E-state index in [1.807, 2.05) is 36.4 Å². The first-order valence-electron chi connectivity index (χ1n) is 10.6. The Bertz CT molecular complexity index is 937. The monoisotopic (exact) mass is 394 g/mol. The van der Waals surface area contributed by atoms with Gasteiger partial charge in [-0.15, -0.1) is 0 Å². The van der Waals surface area contributed by atoms with Crippen LogP contribution in [-0.2, 0) is 12.8 Å². The molecule has 4 rings (SSSR count). The Balaban J connectivity index is 1.50. The number of hydrogen-bond acceptors (Lipinski definition) is 0. The van der Waals surface area contributed by atoms with Gasteiger partial charge in [-0.1, -0.05) is 67.4 Å². The highest BCUT2D eigenvalue weighted by Crippen LogP contribution is 2.38. The van der Waals surface area contributed by atoms with Crippen LogP contribution < -0.4 is 0 Å². The van der Waals surface area contributed by atoms with Gasteiger partial charge >= 0.3 is 0 Å². The van der Waals surface area contributed by atoms with E-state index in [4.69, 9.17) is 11.6 Å². The lowest BCUT2D eigenvalue weighted by atomic mass is 9.77. The SMILES string of the molecule is CCC1CCC(c2ccc3c(F)c(CCc4ccc(Cl)cc4)ccc3c2)CC1. The fourth-order valence-electron chi connectivity index (χ4n) is 4.64. The molecule has 0 aromatic heterocycles. The molecule has 3 aromatic carbocycles. The molecule has 0 atom stereocenters. The summed E-state index contributed by atoms with van der Waals surface area (Å²) < 4.78 is 15.1. The van der Waals surface area contributed by atoms with Crippen molar-refractivity contribution in [3.05, 3.63) is 82.1 Å². The first kappa shape index (κ1) is 19.5. The minimum absolute atomic E-state index is 0.0623. The van der Waals surface area contributed by atoms with Crippen molar-refractivity contribution in [2.75, 3.05) is 0 Å². The van der Waals surface area contributed by atoms with Crippen molar-refractivity contribution in [3.63, 3.8) is 0 Å². The van der Waals surface area contributed by atoms with E-state index in [2.05, 4.69) is 25.1 Å². The molecule has 1 aliphatic carbocycles. The molecule has 0 saturated heterocycles. The van der Waals surface area contributed by atoms with Crippen LogP contribution in [0.3, 0.4) is 0 Å². The molecule has 146 valence electrons. The molecule has 2 heteroatoms. The van der Waals surface area contributed by atoms with Gasteiger partial charge in [0.05, 0.1) is 0 Å². The van der Waals surface area contributed by atoms with Crippen LogP contribution in [0.4, 0.5) is 4.39 Å². The first-order chi connectivity index (χ1) is 13.6. The summed E-state index contributed by atoms with van der Waals surface area (Å²) >= 11 is 5.94. The fraction of sp³-hybridized carbons (Fsp3) is 0.385. The van der Waals surface area contributed by atoms with E-state index in [9.17, 15) is 0 Å². The second-order valence-corrected chi connectivity index (χ2v) is 8.71. The van der Waals surface area contributed by atoms with E-state index in [-0.39, 0.29) is 5.82 Å². The summed E-state index contributed by atoms with van der Waals surface area (Å²) in [5.74, 6) is 1.48. The highest BCUT2D eigenvalue weighted by molar-refractivity contribution is 6.30. The van der Waals surface area contributed by atoms with Gasteiger partial charge in [-0.3, -0.25) is 0 Å². The van der Waals surface area contributed by atoms with E-state index < -0.39 is 0 Å². The van der Waals surface area contributed by atoms with E-state index in [0.29, 0.717) is 12.3 Å². The molecule has 1 saturated carbocycles. The van der Waals surface area contributed by atoms with Gasteiger partial charge in [-0.05, 0) is 84.6 Å². The Hall–Kier alpha value is -1.86. The molecule has 0 nitrogen and oxygen atoms in total. The quantitative estimate of drug-likeness (QED) is 0.410. The van der Waals surface area contributed by atoms with Gasteiger partial charge in [0.1, 0.15) is 5.82 Å². The third-order valence-corrected chi connectivity index (χ3v) is 6.80. The van der Waals surface area contributed by atoms with Crippen LogP contribution in [0.15, 0.2) is 54.6 Å². The number of fused-ring (bicyclic) bond motifs is 1. The van der Waals surface area contributed by atoms with E-state index >= 15 is 4.39 Å². The van der Waals surface area contributed by atoms with Gasteiger partial charge in [0.15, 0.2) is 0 Å². The molecule has 1 aliphatic rings. The molecule has 0 bridgehead atoms. The molecule has 0 N–H and O–H groups in total. The number of hydrogen-bond donors (Lipinski definition) is 0. The van der Waals surface area contributed by atoms with Crippen molar-refractivity contribution in [2.45, 2.75) is 57.8 Å².